The third kappa shape index (κ3) is 2.97. The molecule has 1 aliphatic rings. The van der Waals surface area contributed by atoms with Crippen LogP contribution in [0.4, 0.5) is 0 Å². The van der Waals surface area contributed by atoms with E-state index in [0.29, 0.717) is 22.2 Å². The first-order valence-electron chi connectivity index (χ1n) is 6.91. The normalized spacial score (nSPS) is 21.0. The lowest BCUT2D eigenvalue weighted by Crippen LogP contribution is -2.37. The van der Waals surface area contributed by atoms with Crippen LogP contribution in [0.15, 0.2) is 30.6 Å². The predicted octanol–water partition coefficient (Wildman–Crippen LogP) is 2.99. The van der Waals surface area contributed by atoms with Crippen LogP contribution in [0.25, 0.3) is 0 Å². The van der Waals surface area contributed by atoms with Crippen molar-refractivity contribution in [3.63, 3.8) is 0 Å². The number of amides is 1. The van der Waals surface area contributed by atoms with Crippen LogP contribution in [0.2, 0.25) is 10.0 Å². The number of ether oxygens (including phenoxy) is 1. The third-order valence-electron chi connectivity index (χ3n) is 3.70. The summed E-state index contributed by atoms with van der Waals surface area (Å²) >= 11 is 11.9. The molecule has 0 unspecified atom stereocenters. The van der Waals surface area contributed by atoms with Gasteiger partial charge in [-0.1, -0.05) is 23.2 Å². The van der Waals surface area contributed by atoms with Crippen molar-refractivity contribution in [2.45, 2.75) is 18.6 Å². The molecule has 2 atom stereocenters. The molecule has 22 heavy (non-hydrogen) atoms. The minimum Gasteiger partial charge on any atom is -0.368 e. The molecule has 3 rings (SSSR count). The van der Waals surface area contributed by atoms with Gasteiger partial charge < -0.3 is 14.6 Å². The largest absolute Gasteiger partial charge is 0.368 e. The summed E-state index contributed by atoms with van der Waals surface area (Å²) < 4.78 is 7.62. The predicted molar refractivity (Wildman–Crippen MR) is 84.2 cm³/mol. The van der Waals surface area contributed by atoms with Crippen LogP contribution in [-0.2, 0) is 11.8 Å². The quantitative estimate of drug-likeness (QED) is 0.935. The van der Waals surface area contributed by atoms with Crippen LogP contribution in [0.5, 0.6) is 0 Å². The van der Waals surface area contributed by atoms with Crippen LogP contribution < -0.4 is 5.32 Å². The van der Waals surface area contributed by atoms with Crippen molar-refractivity contribution in [2.24, 2.45) is 7.05 Å². The molecule has 1 aromatic carbocycles. The van der Waals surface area contributed by atoms with Crippen molar-refractivity contribution in [1.29, 1.82) is 0 Å². The number of aromatic nitrogens is 2. The number of carbonyl (C=O) groups excluding carboxylic acids is 1. The minimum atomic E-state index is -0.255. The molecule has 1 N–H and O–H groups in total. The van der Waals surface area contributed by atoms with Crippen molar-refractivity contribution in [2.75, 3.05) is 6.61 Å². The third-order valence-corrected chi connectivity index (χ3v) is 4.24. The van der Waals surface area contributed by atoms with Crippen molar-refractivity contribution < 1.29 is 9.53 Å². The summed E-state index contributed by atoms with van der Waals surface area (Å²) in [7, 11) is 1.90. The highest BCUT2D eigenvalue weighted by Gasteiger charge is 2.33. The Bertz CT molecular complexity index is 702. The van der Waals surface area contributed by atoms with E-state index in [0.717, 1.165) is 12.2 Å². The number of nitrogens with zero attached hydrogens (tertiary/aromatic N) is 2. The summed E-state index contributed by atoms with van der Waals surface area (Å²) in [5, 5.41) is 3.80. The topological polar surface area (TPSA) is 56.1 Å². The van der Waals surface area contributed by atoms with E-state index >= 15 is 0 Å². The lowest BCUT2D eigenvalue weighted by molar-refractivity contribution is 0.0779. The van der Waals surface area contributed by atoms with Gasteiger partial charge >= 0.3 is 0 Å². The summed E-state index contributed by atoms with van der Waals surface area (Å²) in [4.78, 5) is 16.7. The fraction of sp³-hybridized carbons (Fsp3) is 0.333. The van der Waals surface area contributed by atoms with Gasteiger partial charge in [-0.15, -0.1) is 0 Å². The lowest BCUT2D eigenvalue weighted by Gasteiger charge is -2.20. The van der Waals surface area contributed by atoms with E-state index in [4.69, 9.17) is 27.9 Å². The highest BCUT2D eigenvalue weighted by molar-refractivity contribution is 6.36. The zero-order valence-electron chi connectivity index (χ0n) is 11.9. The molecule has 1 fully saturated rings. The van der Waals surface area contributed by atoms with Gasteiger partial charge in [-0.25, -0.2) is 4.98 Å². The maximum atomic E-state index is 12.4. The molecule has 0 saturated carbocycles. The average molecular weight is 340 g/mol. The summed E-state index contributed by atoms with van der Waals surface area (Å²) in [6.45, 7) is 0.580. The Labute approximate surface area is 138 Å². The van der Waals surface area contributed by atoms with E-state index in [2.05, 4.69) is 10.3 Å². The van der Waals surface area contributed by atoms with Gasteiger partial charge in [0.05, 0.1) is 16.6 Å². The van der Waals surface area contributed by atoms with Crippen molar-refractivity contribution in [3.05, 3.63) is 52.0 Å². The standard InChI is InChI=1S/C15H15Cl2N3O2/c1-20-6-5-18-14(20)13-12(4-7-22-13)19-15(21)10-3-2-9(16)8-11(10)17/h2-3,5-6,8,12-13H,4,7H2,1H3,(H,19,21)/t12-,13-/m0/s1. The highest BCUT2D eigenvalue weighted by atomic mass is 35.5. The molecule has 0 aliphatic carbocycles. The zero-order valence-corrected chi connectivity index (χ0v) is 13.4. The molecule has 2 aromatic rings. The van der Waals surface area contributed by atoms with Crippen LogP contribution >= 0.6 is 23.2 Å². The van der Waals surface area contributed by atoms with Gasteiger partial charge in [-0.05, 0) is 24.6 Å². The number of imidazole rings is 1. The highest BCUT2D eigenvalue weighted by Crippen LogP contribution is 2.28. The van der Waals surface area contributed by atoms with E-state index in [1.807, 2.05) is 17.8 Å². The molecule has 1 saturated heterocycles. The molecule has 1 aliphatic heterocycles. The smallest absolute Gasteiger partial charge is 0.253 e. The van der Waals surface area contributed by atoms with Gasteiger partial charge in [0.2, 0.25) is 0 Å². The fourth-order valence-electron chi connectivity index (χ4n) is 2.56. The van der Waals surface area contributed by atoms with Gasteiger partial charge in [0, 0.05) is 31.1 Å². The number of hydrogen-bond donors (Lipinski definition) is 1. The van der Waals surface area contributed by atoms with E-state index in [9.17, 15) is 4.79 Å². The summed E-state index contributed by atoms with van der Waals surface area (Å²) in [6, 6.07) is 4.68. The molecule has 116 valence electrons. The molecule has 0 radical (unpaired) electrons. The van der Waals surface area contributed by atoms with Gasteiger partial charge in [0.15, 0.2) is 0 Å². The monoisotopic (exact) mass is 339 g/mol. The van der Waals surface area contributed by atoms with Crippen LogP contribution in [0.3, 0.4) is 0 Å². The van der Waals surface area contributed by atoms with E-state index in [1.165, 1.54) is 0 Å². The summed E-state index contributed by atoms with van der Waals surface area (Å²) in [5.74, 6) is 0.557. The fourth-order valence-corrected chi connectivity index (χ4v) is 3.06. The molecule has 7 heteroatoms. The van der Waals surface area contributed by atoms with Crippen LogP contribution in [0.1, 0.15) is 28.7 Å². The van der Waals surface area contributed by atoms with E-state index < -0.39 is 0 Å². The Morgan fingerprint density at radius 3 is 2.95 bits per heavy atom. The van der Waals surface area contributed by atoms with Crippen LogP contribution in [-0.4, -0.2) is 28.1 Å². The Morgan fingerprint density at radius 1 is 1.45 bits per heavy atom. The van der Waals surface area contributed by atoms with Crippen LogP contribution in [0, 0.1) is 0 Å². The molecule has 0 bridgehead atoms. The number of rotatable bonds is 3. The first-order valence-corrected chi connectivity index (χ1v) is 7.66. The number of halogens is 2. The Kier molecular flexibility index (Phi) is 4.38. The lowest BCUT2D eigenvalue weighted by atomic mass is 10.1. The zero-order chi connectivity index (χ0) is 15.7. The van der Waals surface area contributed by atoms with Crippen molar-refractivity contribution >= 4 is 29.1 Å². The average Bonchev–Trinajstić information content (AvgIpc) is 3.07. The number of hydrogen-bond acceptors (Lipinski definition) is 3. The maximum absolute atomic E-state index is 12.4. The number of carbonyl (C=O) groups is 1. The van der Waals surface area contributed by atoms with Gasteiger partial charge in [-0.3, -0.25) is 4.79 Å². The Morgan fingerprint density at radius 2 is 2.27 bits per heavy atom. The molecular formula is C15H15Cl2N3O2. The van der Waals surface area contributed by atoms with Gasteiger partial charge in [-0.2, -0.15) is 0 Å². The second-order valence-electron chi connectivity index (χ2n) is 5.18. The molecule has 5 nitrogen and oxygen atoms in total. The van der Waals surface area contributed by atoms with Gasteiger partial charge in [0.1, 0.15) is 11.9 Å². The molecular weight excluding hydrogens is 325 g/mol. The molecule has 0 spiro atoms. The Hall–Kier alpha value is -1.56. The van der Waals surface area contributed by atoms with E-state index in [1.54, 1.807) is 24.4 Å². The first-order chi connectivity index (χ1) is 10.6. The molecule has 2 heterocycles. The van der Waals surface area contributed by atoms with Gasteiger partial charge in [0.25, 0.3) is 5.91 Å². The summed E-state index contributed by atoms with van der Waals surface area (Å²) in [5.41, 5.74) is 0.400. The first kappa shape index (κ1) is 15.3. The molecule has 1 aromatic heterocycles. The summed E-state index contributed by atoms with van der Waals surface area (Å²) in [6.07, 6.45) is 4.04. The van der Waals surface area contributed by atoms with Crippen molar-refractivity contribution in [1.82, 2.24) is 14.9 Å². The van der Waals surface area contributed by atoms with E-state index in [-0.39, 0.29) is 18.1 Å². The number of nitrogens with one attached hydrogen (secondary N) is 1. The minimum absolute atomic E-state index is 0.139. The second kappa shape index (κ2) is 6.28. The Balaban J connectivity index is 1.77. The SMILES string of the molecule is Cn1ccnc1[C@H]1OCC[C@@H]1NC(=O)c1ccc(Cl)cc1Cl. The maximum Gasteiger partial charge on any atom is 0.253 e. The number of benzene rings is 1. The number of aryl methyl sites for hydroxylation is 1. The van der Waals surface area contributed by atoms with Crippen molar-refractivity contribution in [3.8, 4) is 0 Å². The second-order valence-corrected chi connectivity index (χ2v) is 6.02. The molecule has 1 amide bonds.